The van der Waals surface area contributed by atoms with Crippen LogP contribution in [0.25, 0.3) is 0 Å². The van der Waals surface area contributed by atoms with Gasteiger partial charge in [0.2, 0.25) is 0 Å². The van der Waals surface area contributed by atoms with Crippen LogP contribution in [0.5, 0.6) is 0 Å². The molecule has 1 aliphatic rings. The van der Waals surface area contributed by atoms with Gasteiger partial charge in [-0.3, -0.25) is 0 Å². The van der Waals surface area contributed by atoms with Crippen LogP contribution in [0.2, 0.25) is 8.67 Å². The molecule has 1 atom stereocenters. The van der Waals surface area contributed by atoms with Crippen LogP contribution in [0, 0.1) is 0 Å². The maximum atomic E-state index is 6.04. The number of hydrogen-bond acceptors (Lipinski definition) is 2. The molecule has 1 heterocycles. The van der Waals surface area contributed by atoms with Crippen molar-refractivity contribution in [1.82, 2.24) is 5.32 Å². The highest BCUT2D eigenvalue weighted by Gasteiger charge is 2.24. The lowest BCUT2D eigenvalue weighted by atomic mass is 10.2. The van der Waals surface area contributed by atoms with Crippen LogP contribution in [0.4, 0.5) is 0 Å². The van der Waals surface area contributed by atoms with E-state index >= 15 is 0 Å². The highest BCUT2D eigenvalue weighted by molar-refractivity contribution is 7.20. The lowest BCUT2D eigenvalue weighted by Crippen LogP contribution is -2.20. The van der Waals surface area contributed by atoms with Crippen molar-refractivity contribution < 1.29 is 0 Å². The van der Waals surface area contributed by atoms with Crippen LogP contribution in [0.15, 0.2) is 6.07 Å². The molecule has 2 rings (SSSR count). The topological polar surface area (TPSA) is 12.0 Å². The average molecular weight is 236 g/mol. The van der Waals surface area contributed by atoms with Gasteiger partial charge in [0, 0.05) is 12.1 Å². The SMILES string of the molecule is C[C@@H](NC1CC1)c1cc(Cl)sc1Cl. The van der Waals surface area contributed by atoms with Gasteiger partial charge in [0.05, 0.1) is 8.67 Å². The quantitative estimate of drug-likeness (QED) is 0.840. The molecule has 0 saturated heterocycles. The summed E-state index contributed by atoms with van der Waals surface area (Å²) < 4.78 is 1.58. The summed E-state index contributed by atoms with van der Waals surface area (Å²) in [4.78, 5) is 0. The molecule has 72 valence electrons. The summed E-state index contributed by atoms with van der Waals surface area (Å²) in [6.45, 7) is 2.13. The van der Waals surface area contributed by atoms with Crippen molar-refractivity contribution in [3.8, 4) is 0 Å². The Morgan fingerprint density at radius 3 is 2.69 bits per heavy atom. The van der Waals surface area contributed by atoms with E-state index < -0.39 is 0 Å². The smallest absolute Gasteiger partial charge is 0.0991 e. The number of halogens is 2. The van der Waals surface area contributed by atoms with E-state index in [1.54, 1.807) is 0 Å². The minimum Gasteiger partial charge on any atom is -0.307 e. The Kier molecular flexibility index (Phi) is 2.84. The first-order valence-corrected chi connectivity index (χ1v) is 5.95. The third kappa shape index (κ3) is 2.38. The third-order valence-electron chi connectivity index (χ3n) is 2.21. The van der Waals surface area contributed by atoms with Gasteiger partial charge in [-0.1, -0.05) is 23.2 Å². The van der Waals surface area contributed by atoms with Crippen molar-refractivity contribution in [1.29, 1.82) is 0 Å². The highest BCUT2D eigenvalue weighted by atomic mass is 35.5. The van der Waals surface area contributed by atoms with Crippen LogP contribution < -0.4 is 5.32 Å². The van der Waals surface area contributed by atoms with Gasteiger partial charge in [0.1, 0.15) is 0 Å². The number of rotatable bonds is 3. The standard InChI is InChI=1S/C9H11Cl2NS/c1-5(12-6-2-3-6)7-4-8(10)13-9(7)11/h4-6,12H,2-3H2,1H3/t5-/m1/s1. The Labute approximate surface area is 92.0 Å². The van der Waals surface area contributed by atoms with Crippen LogP contribution in [0.3, 0.4) is 0 Å². The largest absolute Gasteiger partial charge is 0.307 e. The molecule has 1 nitrogen and oxygen atoms in total. The molecule has 0 spiro atoms. The molecular weight excluding hydrogens is 225 g/mol. The van der Waals surface area contributed by atoms with E-state index in [4.69, 9.17) is 23.2 Å². The van der Waals surface area contributed by atoms with Crippen molar-refractivity contribution in [2.45, 2.75) is 31.8 Å². The fraction of sp³-hybridized carbons (Fsp3) is 0.556. The monoisotopic (exact) mass is 235 g/mol. The second kappa shape index (κ2) is 3.77. The maximum Gasteiger partial charge on any atom is 0.0991 e. The van der Waals surface area contributed by atoms with Gasteiger partial charge in [-0.2, -0.15) is 0 Å². The molecule has 1 aliphatic carbocycles. The summed E-state index contributed by atoms with van der Waals surface area (Å²) in [6, 6.07) is 2.97. The second-order valence-electron chi connectivity index (χ2n) is 3.44. The average Bonchev–Trinajstić information content (AvgIpc) is 2.77. The first-order valence-electron chi connectivity index (χ1n) is 4.37. The van der Waals surface area contributed by atoms with Gasteiger partial charge in [-0.15, -0.1) is 11.3 Å². The van der Waals surface area contributed by atoms with Crippen molar-refractivity contribution in [3.05, 3.63) is 20.3 Å². The van der Waals surface area contributed by atoms with E-state index in [1.807, 2.05) is 6.07 Å². The summed E-state index contributed by atoms with van der Waals surface area (Å²) in [5, 5.41) is 3.49. The molecule has 1 N–H and O–H groups in total. The predicted molar refractivity (Wildman–Crippen MR) is 58.9 cm³/mol. The fourth-order valence-corrected chi connectivity index (χ4v) is 2.99. The van der Waals surface area contributed by atoms with E-state index in [0.717, 1.165) is 14.2 Å². The van der Waals surface area contributed by atoms with Crippen molar-refractivity contribution >= 4 is 34.5 Å². The molecule has 0 unspecified atom stereocenters. The molecule has 1 aromatic heterocycles. The van der Waals surface area contributed by atoms with Gasteiger partial charge >= 0.3 is 0 Å². The predicted octanol–water partition coefficient (Wildman–Crippen LogP) is 3.87. The van der Waals surface area contributed by atoms with Gasteiger partial charge in [0.15, 0.2) is 0 Å². The van der Waals surface area contributed by atoms with Gasteiger partial charge in [-0.05, 0) is 31.4 Å². The van der Waals surface area contributed by atoms with Gasteiger partial charge < -0.3 is 5.32 Å². The Bertz CT molecular complexity index is 307. The summed E-state index contributed by atoms with van der Waals surface area (Å²) in [6.07, 6.45) is 2.58. The molecule has 1 fully saturated rings. The summed E-state index contributed by atoms with van der Waals surface area (Å²) in [5.41, 5.74) is 1.13. The molecule has 1 saturated carbocycles. The normalized spacial score (nSPS) is 19.0. The van der Waals surface area contributed by atoms with E-state index in [9.17, 15) is 0 Å². The molecule has 1 aromatic rings. The van der Waals surface area contributed by atoms with Gasteiger partial charge in [0.25, 0.3) is 0 Å². The highest BCUT2D eigenvalue weighted by Crippen LogP contribution is 2.36. The maximum absolute atomic E-state index is 6.04. The lowest BCUT2D eigenvalue weighted by Gasteiger charge is -2.11. The first-order chi connectivity index (χ1) is 6.16. The van der Waals surface area contributed by atoms with E-state index in [2.05, 4.69) is 12.2 Å². The summed E-state index contributed by atoms with van der Waals surface area (Å²) in [5.74, 6) is 0. The number of nitrogens with one attached hydrogen (secondary N) is 1. The molecular formula is C9H11Cl2NS. The van der Waals surface area contributed by atoms with Crippen LogP contribution in [0.1, 0.15) is 31.4 Å². The van der Waals surface area contributed by atoms with Crippen LogP contribution in [-0.2, 0) is 0 Å². The minimum atomic E-state index is 0.323. The molecule has 0 aliphatic heterocycles. The van der Waals surface area contributed by atoms with E-state index in [1.165, 1.54) is 24.2 Å². The van der Waals surface area contributed by atoms with Crippen molar-refractivity contribution in [2.75, 3.05) is 0 Å². The molecule has 0 aromatic carbocycles. The zero-order valence-corrected chi connectivity index (χ0v) is 9.64. The third-order valence-corrected chi connectivity index (χ3v) is 3.73. The minimum absolute atomic E-state index is 0.323. The van der Waals surface area contributed by atoms with Gasteiger partial charge in [-0.25, -0.2) is 0 Å². The molecule has 0 amide bonds. The molecule has 0 radical (unpaired) electrons. The number of hydrogen-bond donors (Lipinski definition) is 1. The first kappa shape index (κ1) is 9.78. The van der Waals surface area contributed by atoms with Crippen LogP contribution in [-0.4, -0.2) is 6.04 Å². The molecule has 0 bridgehead atoms. The fourth-order valence-electron chi connectivity index (χ4n) is 1.34. The molecule has 13 heavy (non-hydrogen) atoms. The number of thiophene rings is 1. The molecule has 4 heteroatoms. The van der Waals surface area contributed by atoms with Crippen molar-refractivity contribution in [3.63, 3.8) is 0 Å². The zero-order chi connectivity index (χ0) is 9.42. The Hall–Kier alpha value is 0.240. The van der Waals surface area contributed by atoms with Crippen molar-refractivity contribution in [2.24, 2.45) is 0 Å². The van der Waals surface area contributed by atoms with E-state index in [-0.39, 0.29) is 0 Å². The summed E-state index contributed by atoms with van der Waals surface area (Å²) >= 11 is 13.3. The van der Waals surface area contributed by atoms with E-state index in [0.29, 0.717) is 12.1 Å². The zero-order valence-electron chi connectivity index (χ0n) is 7.31. The lowest BCUT2D eigenvalue weighted by molar-refractivity contribution is 0.573. The summed E-state index contributed by atoms with van der Waals surface area (Å²) in [7, 11) is 0. The Morgan fingerprint density at radius 2 is 2.23 bits per heavy atom. The van der Waals surface area contributed by atoms with Crippen LogP contribution >= 0.6 is 34.5 Å². The Balaban J connectivity index is 2.08. The Morgan fingerprint density at radius 1 is 1.54 bits per heavy atom. The second-order valence-corrected chi connectivity index (χ2v) is 5.73.